The summed E-state index contributed by atoms with van der Waals surface area (Å²) < 4.78 is 0. The Morgan fingerprint density at radius 3 is 1.85 bits per heavy atom. The quantitative estimate of drug-likeness (QED) is 0.0967. The van der Waals surface area contributed by atoms with Crippen LogP contribution in [-0.2, 0) is 21.9 Å². The van der Waals surface area contributed by atoms with Gasteiger partial charge in [-0.25, -0.2) is 0 Å². The number of halogens is 2. The fourth-order valence-electron chi connectivity index (χ4n) is 1.94. The van der Waals surface area contributed by atoms with Gasteiger partial charge in [0.05, 0.1) is 0 Å². The van der Waals surface area contributed by atoms with E-state index in [1.54, 1.807) is 0 Å². The van der Waals surface area contributed by atoms with E-state index >= 15 is 0 Å². The predicted molar refractivity (Wildman–Crippen MR) is 110 cm³/mol. The van der Waals surface area contributed by atoms with E-state index in [0.717, 1.165) is 12.7 Å². The zero-order valence-electron chi connectivity index (χ0n) is 12.8. The number of aldehydes is 1. The zero-order chi connectivity index (χ0) is 13.1. The van der Waals surface area contributed by atoms with Gasteiger partial charge in [0, 0.05) is 48.8 Å². The molecule has 5 heteroatoms. The van der Waals surface area contributed by atoms with Crippen LogP contribution >= 0.6 is 45.2 Å². The Kier molecular flexibility index (Phi) is 30.4. The van der Waals surface area contributed by atoms with Crippen molar-refractivity contribution in [3.63, 3.8) is 0 Å². The van der Waals surface area contributed by atoms with Crippen molar-refractivity contribution in [1.82, 2.24) is 0 Å². The van der Waals surface area contributed by atoms with Crippen LogP contribution in [0.1, 0.15) is 25.7 Å². The predicted octanol–water partition coefficient (Wildman–Crippen LogP) is 6.27. The van der Waals surface area contributed by atoms with Crippen LogP contribution in [0.2, 0.25) is 0 Å². The molecule has 2 atom stereocenters. The maximum atomic E-state index is 10.5. The van der Waals surface area contributed by atoms with Crippen LogP contribution in [-0.4, -0.2) is 25.3 Å². The van der Waals surface area contributed by atoms with Crippen LogP contribution in [0.4, 0.5) is 0 Å². The molecule has 0 spiro atoms. The molecule has 0 bridgehead atoms. The summed E-state index contributed by atoms with van der Waals surface area (Å²) >= 11 is 4.24. The van der Waals surface area contributed by atoms with E-state index < -0.39 is 0 Å². The third kappa shape index (κ3) is 13.2. The Balaban J connectivity index is -0.000000111. The fraction of sp³-hybridized carbons (Fsp3) is 0.533. The molecule has 2 aliphatic rings. The molecular weight excluding hydrogens is 537 g/mol. The molecule has 0 heterocycles. The van der Waals surface area contributed by atoms with Gasteiger partial charge in [0.1, 0.15) is 6.29 Å². The molecule has 0 aromatic carbocycles. The molecule has 0 amide bonds. The molecule has 0 aromatic rings. The van der Waals surface area contributed by atoms with Crippen LogP contribution in [0.25, 0.3) is 0 Å². The molecule has 0 aliphatic heterocycles. The van der Waals surface area contributed by atoms with Gasteiger partial charge in [-0.15, -0.1) is 7.92 Å². The summed E-state index contributed by atoms with van der Waals surface area (Å²) in [6.45, 7) is 4.46. The summed E-state index contributed by atoms with van der Waals surface area (Å²) in [5.41, 5.74) is 0.562. The van der Waals surface area contributed by atoms with Crippen molar-refractivity contribution in [2.45, 2.75) is 31.3 Å². The molecule has 1 unspecified atom stereocenters. The summed E-state index contributed by atoms with van der Waals surface area (Å²) in [5.74, 6) is 0.293. The normalized spacial score (nSPS) is 21.2. The first-order valence-corrected chi connectivity index (χ1v) is 14.4. The largest absolute Gasteiger partial charge is 2.00 e. The van der Waals surface area contributed by atoms with Crippen molar-refractivity contribution in [1.29, 1.82) is 0 Å². The second-order valence-electron chi connectivity index (χ2n) is 4.32. The minimum absolute atomic E-state index is 0. The maximum absolute atomic E-state index is 10.5. The number of hydrogen-bond acceptors (Lipinski definition) is 1. The van der Waals surface area contributed by atoms with Gasteiger partial charge in [0.2, 0.25) is 0 Å². The van der Waals surface area contributed by atoms with Crippen molar-refractivity contribution in [2.75, 3.05) is 13.3 Å². The molecule has 20 heavy (non-hydrogen) atoms. The number of rotatable bonds is 2. The maximum Gasteiger partial charge on any atom is 2.00 e. The molecule has 0 aromatic heterocycles. The van der Waals surface area contributed by atoms with Crippen molar-refractivity contribution < 1.29 is 21.9 Å². The van der Waals surface area contributed by atoms with Crippen LogP contribution in [0, 0.1) is 20.8 Å². The van der Waals surface area contributed by atoms with E-state index in [1.807, 2.05) is 0 Å². The van der Waals surface area contributed by atoms with E-state index in [1.165, 1.54) is 19.3 Å². The third-order valence-corrected chi connectivity index (χ3v) is 4.61. The van der Waals surface area contributed by atoms with Gasteiger partial charge in [-0.05, 0) is 39.0 Å². The van der Waals surface area contributed by atoms with E-state index in [4.69, 9.17) is 0 Å². The van der Waals surface area contributed by atoms with Crippen LogP contribution in [0.3, 0.4) is 0 Å². The third-order valence-electron chi connectivity index (χ3n) is 2.86. The number of allylic oxidation sites excluding steroid dienone is 4. The van der Waals surface area contributed by atoms with E-state index in [9.17, 15) is 4.79 Å². The molecule has 120 valence electrons. The summed E-state index contributed by atoms with van der Waals surface area (Å²) in [7, 11) is 0.0352. The second kappa shape index (κ2) is 20.6. The minimum Gasteiger partial charge on any atom is -0.358 e. The van der Waals surface area contributed by atoms with Crippen molar-refractivity contribution >= 4 is 51.4 Å². The van der Waals surface area contributed by atoms with Gasteiger partial charge in [-0.2, -0.15) is 0 Å². The first kappa shape index (κ1) is 29.6. The van der Waals surface area contributed by atoms with Crippen LogP contribution in [0.15, 0.2) is 24.3 Å². The van der Waals surface area contributed by atoms with Gasteiger partial charge in [-0.3, -0.25) is 0 Å². The second-order valence-corrected chi connectivity index (χ2v) is 6.84. The van der Waals surface area contributed by atoms with Gasteiger partial charge < -0.3 is 19.6 Å². The van der Waals surface area contributed by atoms with Crippen molar-refractivity contribution in [3.8, 4) is 0 Å². The van der Waals surface area contributed by atoms with Crippen LogP contribution < -0.4 is 0 Å². The molecule has 0 saturated carbocycles. The Hall–Kier alpha value is 1.56. The van der Waals surface area contributed by atoms with Gasteiger partial charge in [-0.1, -0.05) is 24.3 Å². The van der Waals surface area contributed by atoms with Crippen LogP contribution in [0.5, 0.6) is 0 Å². The fourth-order valence-corrected chi connectivity index (χ4v) is 3.36. The Morgan fingerprint density at radius 2 is 1.60 bits per heavy atom. The summed E-state index contributed by atoms with van der Waals surface area (Å²) in [5, 5.41) is 0. The first-order chi connectivity index (χ1) is 8.25. The zero-order valence-corrected chi connectivity index (χ0v) is 19.1. The van der Waals surface area contributed by atoms with Crippen molar-refractivity contribution in [3.05, 3.63) is 39.2 Å². The summed E-state index contributed by atoms with van der Waals surface area (Å²) in [4.78, 5) is 10.5. The number of hydrogen-bond donors (Lipinski definition) is 0. The first-order valence-electron chi connectivity index (χ1n) is 5.83. The SMILES string of the molecule is C1=CCCC1.CP(C)[C@H]1C=CCC1C=O.II.[CH3-].[CH3-].[Fe+2]. The molecule has 1 nitrogen and oxygen atoms in total. The average Bonchev–Trinajstić information content (AvgIpc) is 3.05. The Labute approximate surface area is 161 Å². The topological polar surface area (TPSA) is 17.1 Å². The molecule has 0 saturated heterocycles. The van der Waals surface area contributed by atoms with E-state index in [0.29, 0.717) is 11.6 Å². The Morgan fingerprint density at radius 1 is 1.10 bits per heavy atom. The monoisotopic (exact) mass is 564 g/mol. The van der Waals surface area contributed by atoms with E-state index in [-0.39, 0.29) is 39.8 Å². The molecule has 2 rings (SSSR count). The molecule has 0 radical (unpaired) electrons. The summed E-state index contributed by atoms with van der Waals surface area (Å²) in [6.07, 6.45) is 14.9. The Bertz CT molecular complexity index is 252. The van der Waals surface area contributed by atoms with Crippen molar-refractivity contribution in [2.24, 2.45) is 5.92 Å². The number of carbonyl (C=O) groups is 1. The minimum atomic E-state index is 0. The molecule has 0 N–H and O–H groups in total. The van der Waals surface area contributed by atoms with Gasteiger partial charge in [0.25, 0.3) is 0 Å². The standard InChI is InChI=1S/C8H13OP.C5H8.2CH3.Fe.I2/c1-10(2)8-5-3-4-7(8)6-9;1-2-4-5-3-1;;;;1-2/h3,5-8H,4H2,1-2H3;1-2H,3-5H2;2*1H3;;/q;;2*-1;+2;/t7?,8-;;;;;/m0...../s1. The number of carbonyl (C=O) groups excluding carboxylic acids is 1. The van der Waals surface area contributed by atoms with E-state index in [2.05, 4.69) is 74.9 Å². The molecule has 0 fully saturated rings. The van der Waals surface area contributed by atoms with Gasteiger partial charge in [0.15, 0.2) is 0 Å². The van der Waals surface area contributed by atoms with Gasteiger partial charge >= 0.3 is 17.1 Å². The smallest absolute Gasteiger partial charge is 0.358 e. The summed E-state index contributed by atoms with van der Waals surface area (Å²) in [6, 6.07) is 0. The average molecular weight is 564 g/mol. The molecular formula is C15H27FeI2OP. The molecule has 2 aliphatic carbocycles.